The molecule has 1 heterocycles. The minimum absolute atomic E-state index is 0.0337. The van der Waals surface area contributed by atoms with E-state index in [4.69, 9.17) is 5.73 Å². The molecule has 76 valence electrons. The summed E-state index contributed by atoms with van der Waals surface area (Å²) in [6.45, 7) is 2.83. The second-order valence-corrected chi connectivity index (χ2v) is 3.68. The molecule has 14 heavy (non-hydrogen) atoms. The molecule has 1 aliphatic rings. The van der Waals surface area contributed by atoms with Crippen LogP contribution in [-0.2, 0) is 0 Å². The van der Waals surface area contributed by atoms with Gasteiger partial charge in [-0.2, -0.15) is 0 Å². The first-order valence-electron chi connectivity index (χ1n) is 4.54. The number of carbonyl (C=O) groups excluding carboxylic acids is 1. The standard InChI is InChI=1S/C8H12N4O2/c1-4-2-5(4)3-10-8(13)6-7(9)12-14-11-6/h4-5H,2-3H2,1H3,(H2,9,12)(H,10,13). The fourth-order valence-electron chi connectivity index (χ4n) is 1.34. The maximum absolute atomic E-state index is 11.4. The summed E-state index contributed by atoms with van der Waals surface area (Å²) in [5.74, 6) is 1.03. The number of amides is 1. The van der Waals surface area contributed by atoms with Crippen LogP contribution in [0, 0.1) is 11.8 Å². The van der Waals surface area contributed by atoms with Gasteiger partial charge in [-0.3, -0.25) is 4.79 Å². The Kier molecular flexibility index (Phi) is 2.11. The highest BCUT2D eigenvalue weighted by atomic mass is 16.6. The molecule has 2 rings (SSSR count). The van der Waals surface area contributed by atoms with Crippen LogP contribution in [0.15, 0.2) is 4.63 Å². The Balaban J connectivity index is 1.87. The van der Waals surface area contributed by atoms with Crippen molar-refractivity contribution in [2.24, 2.45) is 11.8 Å². The van der Waals surface area contributed by atoms with Crippen LogP contribution in [-0.4, -0.2) is 22.8 Å². The van der Waals surface area contributed by atoms with E-state index < -0.39 is 0 Å². The third kappa shape index (κ3) is 1.68. The fourth-order valence-corrected chi connectivity index (χ4v) is 1.34. The van der Waals surface area contributed by atoms with Gasteiger partial charge >= 0.3 is 0 Å². The van der Waals surface area contributed by atoms with E-state index in [2.05, 4.69) is 27.2 Å². The lowest BCUT2D eigenvalue weighted by molar-refractivity contribution is 0.0942. The first-order chi connectivity index (χ1) is 6.68. The van der Waals surface area contributed by atoms with E-state index in [1.54, 1.807) is 0 Å². The number of carbonyl (C=O) groups is 1. The Bertz CT molecular complexity index is 349. The number of rotatable bonds is 3. The molecule has 0 spiro atoms. The molecule has 1 amide bonds. The quantitative estimate of drug-likeness (QED) is 0.711. The van der Waals surface area contributed by atoms with Crippen LogP contribution in [0.1, 0.15) is 23.8 Å². The summed E-state index contributed by atoms with van der Waals surface area (Å²) in [4.78, 5) is 11.4. The molecule has 2 atom stereocenters. The minimum atomic E-state index is -0.317. The number of nitrogens with one attached hydrogen (secondary N) is 1. The highest BCUT2D eigenvalue weighted by molar-refractivity contribution is 5.95. The van der Waals surface area contributed by atoms with Crippen molar-refractivity contribution in [1.29, 1.82) is 0 Å². The molecule has 0 saturated heterocycles. The lowest BCUT2D eigenvalue weighted by atomic mass is 10.3. The molecule has 0 aliphatic heterocycles. The lowest BCUT2D eigenvalue weighted by Gasteiger charge is -2.00. The van der Waals surface area contributed by atoms with Crippen LogP contribution in [0.5, 0.6) is 0 Å². The van der Waals surface area contributed by atoms with Crippen molar-refractivity contribution in [3.8, 4) is 0 Å². The summed E-state index contributed by atoms with van der Waals surface area (Å²) < 4.78 is 4.32. The van der Waals surface area contributed by atoms with E-state index in [1.165, 1.54) is 6.42 Å². The molecule has 1 aliphatic carbocycles. The average molecular weight is 196 g/mol. The maximum Gasteiger partial charge on any atom is 0.277 e. The molecule has 1 aromatic rings. The van der Waals surface area contributed by atoms with Gasteiger partial charge in [-0.05, 0) is 28.6 Å². The Morgan fingerprint density at radius 1 is 1.71 bits per heavy atom. The average Bonchev–Trinajstić information content (AvgIpc) is 2.67. The molecule has 2 unspecified atom stereocenters. The largest absolute Gasteiger partial charge is 0.379 e. The van der Waals surface area contributed by atoms with Crippen molar-refractivity contribution >= 4 is 11.7 Å². The normalized spacial score (nSPS) is 24.6. The van der Waals surface area contributed by atoms with Crippen molar-refractivity contribution in [3.63, 3.8) is 0 Å². The van der Waals surface area contributed by atoms with Gasteiger partial charge in [-0.1, -0.05) is 6.92 Å². The Hall–Kier alpha value is -1.59. The summed E-state index contributed by atoms with van der Waals surface area (Å²) in [6, 6.07) is 0. The number of anilines is 1. The number of aromatic nitrogens is 2. The van der Waals surface area contributed by atoms with E-state index in [1.807, 2.05) is 0 Å². The predicted molar refractivity (Wildman–Crippen MR) is 48.3 cm³/mol. The number of nitrogens with zero attached hydrogens (tertiary/aromatic N) is 2. The van der Waals surface area contributed by atoms with Gasteiger partial charge in [-0.15, -0.1) is 0 Å². The van der Waals surface area contributed by atoms with E-state index >= 15 is 0 Å². The predicted octanol–water partition coefficient (Wildman–Crippen LogP) is 0.0376. The number of hydrogen-bond donors (Lipinski definition) is 2. The van der Waals surface area contributed by atoms with E-state index in [0.717, 1.165) is 0 Å². The van der Waals surface area contributed by atoms with E-state index in [9.17, 15) is 4.79 Å². The summed E-state index contributed by atoms with van der Waals surface area (Å²) in [5, 5.41) is 9.47. The molecule has 0 radical (unpaired) electrons. The molecule has 3 N–H and O–H groups in total. The molecule has 1 saturated carbocycles. The Morgan fingerprint density at radius 3 is 2.93 bits per heavy atom. The van der Waals surface area contributed by atoms with Gasteiger partial charge < -0.3 is 11.1 Å². The van der Waals surface area contributed by atoms with Crippen LogP contribution in [0.3, 0.4) is 0 Å². The van der Waals surface area contributed by atoms with Crippen molar-refractivity contribution in [2.45, 2.75) is 13.3 Å². The third-order valence-corrected chi connectivity index (χ3v) is 2.53. The molecule has 6 heteroatoms. The van der Waals surface area contributed by atoms with Gasteiger partial charge in [0.2, 0.25) is 11.5 Å². The van der Waals surface area contributed by atoms with Crippen molar-refractivity contribution in [1.82, 2.24) is 15.6 Å². The van der Waals surface area contributed by atoms with Gasteiger partial charge in [0, 0.05) is 6.54 Å². The van der Waals surface area contributed by atoms with Crippen molar-refractivity contribution in [3.05, 3.63) is 5.69 Å². The summed E-state index contributed by atoms with van der Waals surface area (Å²) >= 11 is 0. The monoisotopic (exact) mass is 196 g/mol. The summed E-state index contributed by atoms with van der Waals surface area (Å²) in [5.41, 5.74) is 5.43. The van der Waals surface area contributed by atoms with Gasteiger partial charge in [-0.25, -0.2) is 4.63 Å². The molecule has 6 nitrogen and oxygen atoms in total. The number of nitrogen functional groups attached to an aromatic ring is 1. The zero-order valence-electron chi connectivity index (χ0n) is 7.86. The van der Waals surface area contributed by atoms with Crippen LogP contribution in [0.4, 0.5) is 5.82 Å². The molecule has 1 aromatic heterocycles. The number of hydrogen-bond acceptors (Lipinski definition) is 5. The maximum atomic E-state index is 11.4. The van der Waals surface area contributed by atoms with Crippen molar-refractivity contribution < 1.29 is 9.42 Å². The first-order valence-corrected chi connectivity index (χ1v) is 4.54. The smallest absolute Gasteiger partial charge is 0.277 e. The Morgan fingerprint density at radius 2 is 2.43 bits per heavy atom. The lowest BCUT2D eigenvalue weighted by Crippen LogP contribution is -2.26. The van der Waals surface area contributed by atoms with Crippen LogP contribution < -0.4 is 11.1 Å². The van der Waals surface area contributed by atoms with E-state index in [0.29, 0.717) is 18.4 Å². The zero-order valence-corrected chi connectivity index (χ0v) is 7.86. The van der Waals surface area contributed by atoms with Crippen LogP contribution in [0.2, 0.25) is 0 Å². The summed E-state index contributed by atoms with van der Waals surface area (Å²) in [7, 11) is 0. The van der Waals surface area contributed by atoms with Gasteiger partial charge in [0.1, 0.15) is 0 Å². The topological polar surface area (TPSA) is 94.0 Å². The van der Waals surface area contributed by atoms with E-state index in [-0.39, 0.29) is 17.4 Å². The highest BCUT2D eigenvalue weighted by Crippen LogP contribution is 2.36. The minimum Gasteiger partial charge on any atom is -0.379 e. The zero-order chi connectivity index (χ0) is 10.1. The Labute approximate surface area is 80.8 Å². The molecule has 1 fully saturated rings. The second kappa shape index (κ2) is 3.28. The third-order valence-electron chi connectivity index (χ3n) is 2.53. The number of nitrogens with two attached hydrogens (primary N) is 1. The van der Waals surface area contributed by atoms with Crippen LogP contribution in [0.25, 0.3) is 0 Å². The molecule has 0 aromatic carbocycles. The van der Waals surface area contributed by atoms with Gasteiger partial charge in [0.05, 0.1) is 0 Å². The molecular formula is C8H12N4O2. The molecule has 0 bridgehead atoms. The SMILES string of the molecule is CC1CC1CNC(=O)c1nonc1N. The van der Waals surface area contributed by atoms with Gasteiger partial charge in [0.25, 0.3) is 5.91 Å². The summed E-state index contributed by atoms with van der Waals surface area (Å²) in [6.07, 6.45) is 1.17. The van der Waals surface area contributed by atoms with Gasteiger partial charge in [0.15, 0.2) is 0 Å². The highest BCUT2D eigenvalue weighted by Gasteiger charge is 2.32. The van der Waals surface area contributed by atoms with Crippen molar-refractivity contribution in [2.75, 3.05) is 12.3 Å². The fraction of sp³-hybridized carbons (Fsp3) is 0.625. The first kappa shape index (κ1) is 8.98. The van der Waals surface area contributed by atoms with Crippen LogP contribution >= 0.6 is 0 Å². The second-order valence-electron chi connectivity index (χ2n) is 3.68. The molecular weight excluding hydrogens is 184 g/mol.